The zero-order chi connectivity index (χ0) is 9.35. The van der Waals surface area contributed by atoms with Gasteiger partial charge in [-0.15, -0.1) is 12.6 Å². The lowest BCUT2D eigenvalue weighted by molar-refractivity contribution is -0.116. The molecule has 1 atom stereocenters. The highest BCUT2D eigenvalue weighted by Gasteiger charge is 2.25. The summed E-state index contributed by atoms with van der Waals surface area (Å²) in [5.74, 6) is -0.00470. The predicted molar refractivity (Wildman–Crippen MR) is 56.0 cm³/mol. The van der Waals surface area contributed by atoms with Crippen LogP contribution >= 0.6 is 24.4 Å². The molecule has 1 heterocycles. The van der Waals surface area contributed by atoms with Crippen LogP contribution in [0, 0.1) is 5.41 Å². The molecule has 1 rings (SSSR count). The van der Waals surface area contributed by atoms with Gasteiger partial charge < -0.3 is 5.32 Å². The van der Waals surface area contributed by atoms with Gasteiger partial charge in [0.2, 0.25) is 0 Å². The molecule has 0 spiro atoms. The number of amides is 1. The van der Waals surface area contributed by atoms with Crippen LogP contribution in [-0.4, -0.2) is 10.6 Å². The Balaban J connectivity index is 2.77. The van der Waals surface area contributed by atoms with E-state index in [1.165, 1.54) is 11.8 Å². The van der Waals surface area contributed by atoms with Crippen LogP contribution < -0.4 is 5.32 Å². The Bertz CT molecular complexity index is 230. The molecule has 1 unspecified atom stereocenters. The summed E-state index contributed by atoms with van der Waals surface area (Å²) in [5.41, 5.74) is 0.0531. The van der Waals surface area contributed by atoms with Gasteiger partial charge in [0.05, 0.1) is 4.91 Å². The molecule has 0 saturated carbocycles. The number of nitrogens with one attached hydrogen (secondary N) is 1. The summed E-state index contributed by atoms with van der Waals surface area (Å²) in [7, 11) is 0. The van der Waals surface area contributed by atoms with Crippen molar-refractivity contribution >= 4 is 30.3 Å². The lowest BCUT2D eigenvalue weighted by Gasteiger charge is -2.11. The van der Waals surface area contributed by atoms with Gasteiger partial charge >= 0.3 is 0 Å². The number of carbonyl (C=O) groups excluding carboxylic acids is 1. The monoisotopic (exact) mass is 203 g/mol. The standard InChI is InChI=1S/C8H13NOS2/c1-8(2,3)4-5-6(10)9-7(11)12-5/h4,7,11H,1-3H3,(H,9,10)/b5-4-. The maximum atomic E-state index is 11.2. The highest BCUT2D eigenvalue weighted by atomic mass is 32.2. The molecule has 0 bridgehead atoms. The van der Waals surface area contributed by atoms with Gasteiger partial charge in [-0.2, -0.15) is 0 Å². The third-order valence-corrected chi connectivity index (χ3v) is 2.62. The second-order valence-electron chi connectivity index (χ2n) is 3.82. The number of carbonyl (C=O) groups is 1. The number of thiol groups is 1. The maximum absolute atomic E-state index is 11.2. The minimum atomic E-state index is -0.0777. The van der Waals surface area contributed by atoms with E-state index in [4.69, 9.17) is 0 Å². The average Bonchev–Trinajstić information content (AvgIpc) is 2.06. The SMILES string of the molecule is CC(C)(C)/C=C1\SC(S)NC1=O. The summed E-state index contributed by atoms with van der Waals surface area (Å²) in [6, 6.07) is 0. The lowest BCUT2D eigenvalue weighted by Crippen LogP contribution is -2.20. The number of hydrogen-bond donors (Lipinski definition) is 2. The van der Waals surface area contributed by atoms with Crippen LogP contribution in [0.3, 0.4) is 0 Å². The van der Waals surface area contributed by atoms with Crippen molar-refractivity contribution in [1.82, 2.24) is 5.32 Å². The predicted octanol–water partition coefficient (Wildman–Crippen LogP) is 1.99. The Hall–Kier alpha value is -0.0900. The molecule has 1 aliphatic heterocycles. The summed E-state index contributed by atoms with van der Waals surface area (Å²) in [4.78, 5) is 12.0. The Kier molecular flexibility index (Phi) is 2.78. The highest BCUT2D eigenvalue weighted by Crippen LogP contribution is 2.32. The van der Waals surface area contributed by atoms with Crippen LogP contribution in [0.5, 0.6) is 0 Å². The Morgan fingerprint density at radius 1 is 1.58 bits per heavy atom. The third kappa shape index (κ3) is 2.75. The average molecular weight is 203 g/mol. The van der Waals surface area contributed by atoms with E-state index < -0.39 is 0 Å². The van der Waals surface area contributed by atoms with Crippen LogP contribution in [0.1, 0.15) is 20.8 Å². The van der Waals surface area contributed by atoms with Crippen LogP contribution in [0.2, 0.25) is 0 Å². The van der Waals surface area contributed by atoms with Crippen LogP contribution in [0.15, 0.2) is 11.0 Å². The molecule has 4 heteroatoms. The minimum Gasteiger partial charge on any atom is -0.331 e. The van der Waals surface area contributed by atoms with Crippen molar-refractivity contribution in [2.45, 2.75) is 25.5 Å². The summed E-state index contributed by atoms with van der Waals surface area (Å²) < 4.78 is -0.0777. The molecule has 1 N–H and O–H groups in total. The Morgan fingerprint density at radius 2 is 2.17 bits per heavy atom. The number of allylic oxidation sites excluding steroid dienone is 1. The molecule has 1 saturated heterocycles. The first kappa shape index (κ1) is 9.99. The summed E-state index contributed by atoms with van der Waals surface area (Å²) in [6.07, 6.45) is 1.98. The van der Waals surface area contributed by atoms with E-state index >= 15 is 0 Å². The van der Waals surface area contributed by atoms with E-state index in [9.17, 15) is 4.79 Å². The topological polar surface area (TPSA) is 29.1 Å². The molecule has 2 nitrogen and oxygen atoms in total. The molecular formula is C8H13NOS2. The first-order chi connectivity index (χ1) is 5.38. The fourth-order valence-corrected chi connectivity index (χ4v) is 2.33. The first-order valence-electron chi connectivity index (χ1n) is 3.77. The molecule has 0 aliphatic carbocycles. The minimum absolute atomic E-state index is 0.00470. The molecule has 1 aliphatic rings. The van der Waals surface area contributed by atoms with Gasteiger partial charge in [0.25, 0.3) is 5.91 Å². The van der Waals surface area contributed by atoms with Gasteiger partial charge in [-0.3, -0.25) is 4.79 Å². The van der Waals surface area contributed by atoms with E-state index in [1.54, 1.807) is 0 Å². The Morgan fingerprint density at radius 3 is 2.50 bits per heavy atom. The number of rotatable bonds is 0. The number of thioether (sulfide) groups is 1. The van der Waals surface area contributed by atoms with Crippen molar-refractivity contribution in [2.24, 2.45) is 5.41 Å². The second kappa shape index (κ2) is 3.34. The van der Waals surface area contributed by atoms with E-state index in [0.717, 1.165) is 4.91 Å². The maximum Gasteiger partial charge on any atom is 0.259 e. The zero-order valence-electron chi connectivity index (χ0n) is 7.42. The number of hydrogen-bond acceptors (Lipinski definition) is 3. The molecule has 0 aromatic rings. The summed E-state index contributed by atoms with van der Waals surface area (Å²) in [5, 5.41) is 2.71. The normalized spacial score (nSPS) is 27.8. The molecular weight excluding hydrogens is 190 g/mol. The molecule has 0 aromatic heterocycles. The van der Waals surface area contributed by atoms with Crippen molar-refractivity contribution in [3.63, 3.8) is 0 Å². The molecule has 68 valence electrons. The molecule has 12 heavy (non-hydrogen) atoms. The van der Waals surface area contributed by atoms with Gasteiger partial charge in [0.15, 0.2) is 0 Å². The van der Waals surface area contributed by atoms with Crippen molar-refractivity contribution in [3.05, 3.63) is 11.0 Å². The van der Waals surface area contributed by atoms with Crippen molar-refractivity contribution in [3.8, 4) is 0 Å². The van der Waals surface area contributed by atoms with Crippen molar-refractivity contribution in [2.75, 3.05) is 0 Å². The smallest absolute Gasteiger partial charge is 0.259 e. The van der Waals surface area contributed by atoms with Crippen LogP contribution in [0.4, 0.5) is 0 Å². The lowest BCUT2D eigenvalue weighted by atomic mass is 9.96. The molecule has 1 amide bonds. The summed E-state index contributed by atoms with van der Waals surface area (Å²) in [6.45, 7) is 6.21. The van der Waals surface area contributed by atoms with Crippen LogP contribution in [0.25, 0.3) is 0 Å². The van der Waals surface area contributed by atoms with Gasteiger partial charge in [0, 0.05) is 0 Å². The molecule has 0 radical (unpaired) electrons. The fourth-order valence-electron chi connectivity index (χ4n) is 0.879. The second-order valence-corrected chi connectivity index (χ2v) is 5.83. The van der Waals surface area contributed by atoms with Crippen molar-refractivity contribution < 1.29 is 4.79 Å². The highest BCUT2D eigenvalue weighted by molar-refractivity contribution is 8.14. The third-order valence-electron chi connectivity index (χ3n) is 1.28. The van der Waals surface area contributed by atoms with E-state index in [0.29, 0.717) is 0 Å². The van der Waals surface area contributed by atoms with E-state index in [2.05, 4.69) is 38.7 Å². The fraction of sp³-hybridized carbons (Fsp3) is 0.625. The van der Waals surface area contributed by atoms with Gasteiger partial charge in [-0.05, 0) is 5.41 Å². The first-order valence-corrected chi connectivity index (χ1v) is 5.16. The largest absolute Gasteiger partial charge is 0.331 e. The quantitative estimate of drug-likeness (QED) is 0.466. The summed E-state index contributed by atoms with van der Waals surface area (Å²) >= 11 is 5.62. The van der Waals surface area contributed by atoms with Gasteiger partial charge in [0.1, 0.15) is 4.71 Å². The van der Waals surface area contributed by atoms with Gasteiger partial charge in [-0.1, -0.05) is 38.6 Å². The van der Waals surface area contributed by atoms with Gasteiger partial charge in [-0.25, -0.2) is 0 Å². The van der Waals surface area contributed by atoms with E-state index in [1.807, 2.05) is 6.08 Å². The molecule has 0 aromatic carbocycles. The van der Waals surface area contributed by atoms with E-state index in [-0.39, 0.29) is 16.0 Å². The zero-order valence-corrected chi connectivity index (χ0v) is 9.13. The molecule has 1 fully saturated rings. The Labute approximate surface area is 82.6 Å². The van der Waals surface area contributed by atoms with Crippen LogP contribution in [-0.2, 0) is 4.79 Å². The van der Waals surface area contributed by atoms with Crippen molar-refractivity contribution in [1.29, 1.82) is 0 Å².